The predicted octanol–water partition coefficient (Wildman–Crippen LogP) is 2.93. The van der Waals surface area contributed by atoms with Crippen molar-refractivity contribution < 1.29 is 22.8 Å². The van der Waals surface area contributed by atoms with Gasteiger partial charge in [-0.15, -0.1) is 11.3 Å². The highest BCUT2D eigenvalue weighted by atomic mass is 35.5. The molecular weight excluding hydrogens is 612 g/mol. The Kier molecular flexibility index (Phi) is 10.7. The highest BCUT2D eigenvalue weighted by molar-refractivity contribution is 7.92. The van der Waals surface area contributed by atoms with Gasteiger partial charge < -0.3 is 20.0 Å². The molecule has 4 amide bonds. The summed E-state index contributed by atoms with van der Waals surface area (Å²) in [7, 11) is -1.98. The number of likely N-dealkylation sites (N-methyl/N-ethyl adjacent to an activating group) is 1. The van der Waals surface area contributed by atoms with Gasteiger partial charge in [-0.05, 0) is 63.2 Å². The maximum atomic E-state index is 13.4. The van der Waals surface area contributed by atoms with Crippen LogP contribution in [0.1, 0.15) is 62.7 Å². The number of urea groups is 1. The van der Waals surface area contributed by atoms with Gasteiger partial charge in [-0.25, -0.2) is 13.2 Å². The van der Waals surface area contributed by atoms with Crippen molar-refractivity contribution in [3.05, 3.63) is 26.8 Å². The van der Waals surface area contributed by atoms with Crippen LogP contribution in [0.25, 0.3) is 6.08 Å². The molecule has 4 fully saturated rings. The number of carbonyl (C=O) groups is 3. The van der Waals surface area contributed by atoms with Crippen LogP contribution < -0.4 is 10.0 Å². The zero-order valence-corrected chi connectivity index (χ0v) is 27.1. The van der Waals surface area contributed by atoms with Crippen LogP contribution in [0, 0.1) is 0 Å². The third-order valence-electron chi connectivity index (χ3n) is 9.13. The summed E-state index contributed by atoms with van der Waals surface area (Å²) in [5.41, 5.74) is 0. The number of rotatable bonds is 10. The number of likely N-dealkylation sites (tertiary alicyclic amines) is 3. The van der Waals surface area contributed by atoms with E-state index < -0.39 is 16.1 Å². The molecule has 4 aliphatic rings. The summed E-state index contributed by atoms with van der Waals surface area (Å²) < 4.78 is 28.3. The fourth-order valence-corrected chi connectivity index (χ4v) is 8.80. The molecule has 1 aliphatic carbocycles. The number of hydrogen-bond acceptors (Lipinski definition) is 7. The van der Waals surface area contributed by atoms with Crippen molar-refractivity contribution in [1.29, 1.82) is 0 Å². The van der Waals surface area contributed by atoms with Crippen molar-refractivity contribution in [3.63, 3.8) is 0 Å². The summed E-state index contributed by atoms with van der Waals surface area (Å²) in [4.78, 5) is 47.6. The fraction of sp³-hybridized carbons (Fsp3) is 0.690. The van der Waals surface area contributed by atoms with Crippen LogP contribution in [-0.4, -0.2) is 116 Å². The monoisotopic (exact) mass is 654 g/mol. The molecule has 0 bridgehead atoms. The minimum atomic E-state index is -3.86. The molecule has 1 aromatic heterocycles. The van der Waals surface area contributed by atoms with E-state index in [1.807, 2.05) is 16.8 Å². The average molecular weight is 655 g/mol. The lowest BCUT2D eigenvalue weighted by atomic mass is 10.1. The Bertz CT molecular complexity index is 1300. The Morgan fingerprint density at radius 2 is 1.84 bits per heavy atom. The summed E-state index contributed by atoms with van der Waals surface area (Å²) in [6.45, 7) is 3.44. The third kappa shape index (κ3) is 8.50. The third-order valence-corrected chi connectivity index (χ3v) is 11.4. The number of sulfonamides is 1. The predicted molar refractivity (Wildman–Crippen MR) is 168 cm³/mol. The minimum Gasteiger partial charge on any atom is -0.337 e. The van der Waals surface area contributed by atoms with E-state index in [4.69, 9.17) is 11.6 Å². The second kappa shape index (κ2) is 14.3. The highest BCUT2D eigenvalue weighted by Crippen LogP contribution is 2.25. The Balaban J connectivity index is 1.10. The van der Waals surface area contributed by atoms with Gasteiger partial charge in [0.2, 0.25) is 21.8 Å². The van der Waals surface area contributed by atoms with Crippen LogP contribution in [0.2, 0.25) is 4.34 Å². The molecule has 1 saturated carbocycles. The lowest BCUT2D eigenvalue weighted by Crippen LogP contribution is -2.55. The SMILES string of the molecule is CN(C(=O)NC1CCCC1)C1CCN(C[C@@H]2CCCN2C(=O)CN2CCC[C@H](NS(=O)(=O)/C=C/c3ccc(Cl)s3)C2=O)C1. The molecule has 43 heavy (non-hydrogen) atoms. The van der Waals surface area contributed by atoms with Crippen molar-refractivity contribution in [2.24, 2.45) is 0 Å². The molecule has 1 unspecified atom stereocenters. The van der Waals surface area contributed by atoms with Crippen LogP contribution in [-0.2, 0) is 19.6 Å². The standard InChI is InChI=1S/C29H43ClN6O5S2/c1-33(29(39)31-21-6-2-3-7-21)22-12-16-34(18-22)19-23-8-4-15-36(23)27(37)20-35-14-5-9-25(28(35)38)32-43(40,41)17-13-24-10-11-26(30)42-24/h10-11,13,17,21-23,25,32H,2-9,12,14-16,18-20H2,1H3,(H,31,39)/b17-13+/t22?,23-,25-/m0/s1. The van der Waals surface area contributed by atoms with Crippen LogP contribution in [0.3, 0.4) is 0 Å². The fourth-order valence-electron chi connectivity index (χ4n) is 6.73. The van der Waals surface area contributed by atoms with Gasteiger partial charge in [-0.1, -0.05) is 24.4 Å². The van der Waals surface area contributed by atoms with Crippen LogP contribution >= 0.6 is 22.9 Å². The van der Waals surface area contributed by atoms with E-state index in [1.165, 1.54) is 35.2 Å². The molecule has 3 saturated heterocycles. The second-order valence-electron chi connectivity index (χ2n) is 12.2. The molecule has 0 spiro atoms. The first-order valence-electron chi connectivity index (χ1n) is 15.4. The molecule has 11 nitrogen and oxygen atoms in total. The smallest absolute Gasteiger partial charge is 0.317 e. The van der Waals surface area contributed by atoms with E-state index >= 15 is 0 Å². The lowest BCUT2D eigenvalue weighted by Gasteiger charge is -2.34. The summed E-state index contributed by atoms with van der Waals surface area (Å²) in [5.74, 6) is -0.467. The summed E-state index contributed by atoms with van der Waals surface area (Å²) >= 11 is 7.17. The zero-order valence-electron chi connectivity index (χ0n) is 24.7. The number of piperidine rings is 1. The van der Waals surface area contributed by atoms with Crippen molar-refractivity contribution in [1.82, 2.24) is 29.6 Å². The number of carbonyl (C=O) groups excluding carboxylic acids is 3. The number of thiophene rings is 1. The summed E-state index contributed by atoms with van der Waals surface area (Å²) in [6, 6.07) is 3.02. The zero-order chi connectivity index (χ0) is 30.6. The number of nitrogens with one attached hydrogen (secondary N) is 2. The second-order valence-corrected chi connectivity index (χ2v) is 15.5. The van der Waals surface area contributed by atoms with Crippen LogP contribution in [0.15, 0.2) is 17.5 Å². The molecule has 0 radical (unpaired) electrons. The molecule has 238 valence electrons. The van der Waals surface area contributed by atoms with Crippen molar-refractivity contribution in [2.45, 2.75) is 82.0 Å². The Morgan fingerprint density at radius 1 is 1.07 bits per heavy atom. The van der Waals surface area contributed by atoms with Crippen molar-refractivity contribution >= 4 is 56.9 Å². The van der Waals surface area contributed by atoms with Gasteiger partial charge >= 0.3 is 6.03 Å². The van der Waals surface area contributed by atoms with Gasteiger partial charge in [0.1, 0.15) is 6.04 Å². The first-order valence-corrected chi connectivity index (χ1v) is 18.1. The Labute approximate surface area is 263 Å². The van der Waals surface area contributed by atoms with Crippen LogP contribution in [0.5, 0.6) is 0 Å². The quantitative estimate of drug-likeness (QED) is 0.400. The van der Waals surface area contributed by atoms with E-state index in [9.17, 15) is 22.8 Å². The van der Waals surface area contributed by atoms with Crippen molar-refractivity contribution in [3.8, 4) is 0 Å². The first-order chi connectivity index (χ1) is 20.6. The summed E-state index contributed by atoms with van der Waals surface area (Å²) in [6.07, 6.45) is 9.65. The lowest BCUT2D eigenvalue weighted by molar-refractivity contribution is -0.143. The Hall–Kier alpha value is -2.19. The first kappa shape index (κ1) is 32.2. The Morgan fingerprint density at radius 3 is 2.58 bits per heavy atom. The average Bonchev–Trinajstić information content (AvgIpc) is 3.79. The van der Waals surface area contributed by atoms with E-state index in [-0.39, 0.29) is 36.5 Å². The van der Waals surface area contributed by atoms with E-state index in [0.717, 1.165) is 57.1 Å². The molecule has 2 N–H and O–H groups in total. The van der Waals surface area contributed by atoms with Gasteiger partial charge in [-0.3, -0.25) is 14.5 Å². The molecule has 3 aliphatic heterocycles. The highest BCUT2D eigenvalue weighted by Gasteiger charge is 2.37. The van der Waals surface area contributed by atoms with E-state index in [2.05, 4.69) is 14.9 Å². The largest absolute Gasteiger partial charge is 0.337 e. The molecule has 14 heteroatoms. The topological polar surface area (TPSA) is 122 Å². The van der Waals surface area contributed by atoms with E-state index in [0.29, 0.717) is 41.2 Å². The minimum absolute atomic E-state index is 0.00617. The maximum absolute atomic E-state index is 13.4. The molecule has 5 rings (SSSR count). The van der Waals surface area contributed by atoms with Gasteiger partial charge in [0.25, 0.3) is 0 Å². The molecular formula is C29H43ClN6O5S2. The van der Waals surface area contributed by atoms with Gasteiger partial charge in [0, 0.05) is 68.2 Å². The van der Waals surface area contributed by atoms with Crippen molar-refractivity contribution in [2.75, 3.05) is 46.3 Å². The molecule has 4 heterocycles. The number of hydrogen-bond donors (Lipinski definition) is 2. The molecule has 1 aromatic rings. The number of nitrogens with zero attached hydrogens (tertiary/aromatic N) is 4. The summed E-state index contributed by atoms with van der Waals surface area (Å²) in [5, 5.41) is 4.22. The van der Waals surface area contributed by atoms with Crippen LogP contribution in [0.4, 0.5) is 4.79 Å². The molecule has 0 aromatic carbocycles. The van der Waals surface area contributed by atoms with E-state index in [1.54, 1.807) is 12.1 Å². The maximum Gasteiger partial charge on any atom is 0.317 e. The van der Waals surface area contributed by atoms with Gasteiger partial charge in [0.05, 0.1) is 10.9 Å². The van der Waals surface area contributed by atoms with Gasteiger partial charge in [0.15, 0.2) is 0 Å². The normalized spacial score (nSPS) is 25.7. The molecule has 3 atom stereocenters. The number of halogens is 1. The van der Waals surface area contributed by atoms with Gasteiger partial charge in [-0.2, -0.15) is 4.72 Å². The number of amides is 4.